The number of hydrogen-bond acceptors (Lipinski definition) is 5. The van der Waals surface area contributed by atoms with Gasteiger partial charge in [0.2, 0.25) is 0 Å². The highest BCUT2D eigenvalue weighted by molar-refractivity contribution is 7.90. The molecule has 1 aliphatic rings. The van der Waals surface area contributed by atoms with Crippen LogP contribution in [-0.2, 0) is 19.4 Å². The van der Waals surface area contributed by atoms with E-state index in [4.69, 9.17) is 4.74 Å². The summed E-state index contributed by atoms with van der Waals surface area (Å²) in [6, 6.07) is 6.87. The fourth-order valence-corrected chi connectivity index (χ4v) is 3.13. The van der Waals surface area contributed by atoms with Crippen molar-refractivity contribution in [3.05, 3.63) is 29.8 Å². The van der Waals surface area contributed by atoms with Crippen molar-refractivity contribution < 1.29 is 17.9 Å². The van der Waals surface area contributed by atoms with Crippen molar-refractivity contribution in [1.82, 2.24) is 5.32 Å². The molecule has 2 rings (SSSR count). The largest absolute Gasteiger partial charge is 0.469 e. The first-order valence-corrected chi connectivity index (χ1v) is 8.42. The fraction of sp³-hybridized carbons (Fsp3) is 0.500. The van der Waals surface area contributed by atoms with Crippen LogP contribution in [-0.4, -0.2) is 34.3 Å². The maximum absolute atomic E-state index is 11.6. The van der Waals surface area contributed by atoms with Crippen molar-refractivity contribution in [2.24, 2.45) is 5.92 Å². The fourth-order valence-electron chi connectivity index (χ4n) is 2.50. The van der Waals surface area contributed by atoms with Gasteiger partial charge in [0, 0.05) is 12.3 Å². The molecular weight excluding hydrogens is 278 g/mol. The number of ether oxygens (including phenoxy) is 1. The van der Waals surface area contributed by atoms with E-state index in [9.17, 15) is 13.2 Å². The predicted molar refractivity (Wildman–Crippen MR) is 75.0 cm³/mol. The average molecular weight is 297 g/mol. The molecule has 0 aliphatic carbocycles. The molecule has 1 saturated heterocycles. The van der Waals surface area contributed by atoms with E-state index in [2.05, 4.69) is 5.32 Å². The summed E-state index contributed by atoms with van der Waals surface area (Å²) in [5.41, 5.74) is 0.992. The van der Waals surface area contributed by atoms with Gasteiger partial charge in [-0.1, -0.05) is 12.1 Å². The quantitative estimate of drug-likeness (QED) is 0.852. The molecule has 1 N–H and O–H groups in total. The minimum absolute atomic E-state index is 0.0569. The maximum Gasteiger partial charge on any atom is 0.308 e. The van der Waals surface area contributed by atoms with Crippen molar-refractivity contribution in [3.8, 4) is 0 Å². The molecule has 2 atom stereocenters. The SMILES string of the molecule is COC(=O)C1CCNC(c2ccc(S(C)(=O)=O)cc2)C1. The third-order valence-electron chi connectivity index (χ3n) is 3.65. The molecule has 0 bridgehead atoms. The zero-order valence-corrected chi connectivity index (χ0v) is 12.4. The van der Waals surface area contributed by atoms with Gasteiger partial charge in [-0.15, -0.1) is 0 Å². The van der Waals surface area contributed by atoms with Gasteiger partial charge in [0.05, 0.1) is 17.9 Å². The third-order valence-corrected chi connectivity index (χ3v) is 4.78. The maximum atomic E-state index is 11.6. The highest BCUT2D eigenvalue weighted by Gasteiger charge is 2.28. The van der Waals surface area contributed by atoms with Gasteiger partial charge in [0.15, 0.2) is 9.84 Å². The summed E-state index contributed by atoms with van der Waals surface area (Å²) in [6.07, 6.45) is 2.63. The smallest absolute Gasteiger partial charge is 0.308 e. The molecule has 0 saturated carbocycles. The lowest BCUT2D eigenvalue weighted by Gasteiger charge is -2.29. The highest BCUT2D eigenvalue weighted by Crippen LogP contribution is 2.28. The molecule has 5 nitrogen and oxygen atoms in total. The van der Waals surface area contributed by atoms with Crippen LogP contribution in [0.25, 0.3) is 0 Å². The molecule has 1 fully saturated rings. The van der Waals surface area contributed by atoms with Gasteiger partial charge in [-0.2, -0.15) is 0 Å². The number of methoxy groups -OCH3 is 1. The van der Waals surface area contributed by atoms with E-state index >= 15 is 0 Å². The molecule has 6 heteroatoms. The van der Waals surface area contributed by atoms with Gasteiger partial charge >= 0.3 is 5.97 Å². The van der Waals surface area contributed by atoms with Crippen LogP contribution >= 0.6 is 0 Å². The summed E-state index contributed by atoms with van der Waals surface area (Å²) < 4.78 is 27.6. The van der Waals surface area contributed by atoms with Crippen molar-refractivity contribution in [3.63, 3.8) is 0 Å². The lowest BCUT2D eigenvalue weighted by molar-refractivity contribution is -0.146. The zero-order valence-electron chi connectivity index (χ0n) is 11.6. The van der Waals surface area contributed by atoms with E-state index in [1.165, 1.54) is 13.4 Å². The van der Waals surface area contributed by atoms with E-state index < -0.39 is 9.84 Å². The number of esters is 1. The van der Waals surface area contributed by atoms with Gasteiger partial charge in [-0.25, -0.2) is 8.42 Å². The molecule has 1 aliphatic heterocycles. The number of piperidine rings is 1. The molecule has 0 aromatic heterocycles. The minimum Gasteiger partial charge on any atom is -0.469 e. The van der Waals surface area contributed by atoms with Crippen LogP contribution in [0.4, 0.5) is 0 Å². The molecule has 0 amide bonds. The molecule has 0 radical (unpaired) electrons. The first-order valence-electron chi connectivity index (χ1n) is 6.53. The number of rotatable bonds is 3. The minimum atomic E-state index is -3.17. The van der Waals surface area contributed by atoms with Crippen LogP contribution in [0.5, 0.6) is 0 Å². The molecule has 0 spiro atoms. The molecule has 1 heterocycles. The lowest BCUT2D eigenvalue weighted by atomic mass is 9.89. The molecule has 1 aromatic carbocycles. The van der Waals surface area contributed by atoms with Crippen molar-refractivity contribution in [1.29, 1.82) is 0 Å². The van der Waals surface area contributed by atoms with Crippen molar-refractivity contribution in [2.75, 3.05) is 19.9 Å². The third kappa shape index (κ3) is 3.37. The van der Waals surface area contributed by atoms with Gasteiger partial charge in [0.25, 0.3) is 0 Å². The average Bonchev–Trinajstić information content (AvgIpc) is 2.46. The van der Waals surface area contributed by atoms with Crippen molar-refractivity contribution in [2.45, 2.75) is 23.8 Å². The van der Waals surface area contributed by atoms with E-state index in [0.29, 0.717) is 11.3 Å². The summed E-state index contributed by atoms with van der Waals surface area (Å²) in [4.78, 5) is 11.9. The zero-order chi connectivity index (χ0) is 14.8. The normalized spacial score (nSPS) is 23.3. The lowest BCUT2D eigenvalue weighted by Crippen LogP contribution is -2.35. The molecule has 20 heavy (non-hydrogen) atoms. The first-order chi connectivity index (χ1) is 9.41. The van der Waals surface area contributed by atoms with Gasteiger partial charge in [-0.05, 0) is 37.1 Å². The number of carbonyl (C=O) groups is 1. The Labute approximate surface area is 119 Å². The standard InChI is InChI=1S/C14H19NO4S/c1-19-14(16)11-7-8-15-13(9-11)10-3-5-12(6-4-10)20(2,17)18/h3-6,11,13,15H,7-9H2,1-2H3. The van der Waals surface area contributed by atoms with Crippen LogP contribution in [0.15, 0.2) is 29.2 Å². The Morgan fingerprint density at radius 1 is 1.30 bits per heavy atom. The molecule has 110 valence electrons. The van der Waals surface area contributed by atoms with Gasteiger partial charge in [-0.3, -0.25) is 4.79 Å². The van der Waals surface area contributed by atoms with Crippen LogP contribution in [0.1, 0.15) is 24.4 Å². The van der Waals surface area contributed by atoms with Crippen LogP contribution in [0.3, 0.4) is 0 Å². The first kappa shape index (κ1) is 15.0. The van der Waals surface area contributed by atoms with Gasteiger partial charge in [0.1, 0.15) is 0 Å². The van der Waals surface area contributed by atoms with Crippen molar-refractivity contribution >= 4 is 15.8 Å². The number of nitrogens with one attached hydrogen (secondary N) is 1. The highest BCUT2D eigenvalue weighted by atomic mass is 32.2. The molecular formula is C14H19NO4S. The Kier molecular flexibility index (Phi) is 4.45. The second-order valence-corrected chi connectivity index (χ2v) is 7.11. The summed E-state index contributed by atoms with van der Waals surface area (Å²) in [5.74, 6) is -0.273. The Bertz CT molecular complexity index is 580. The second-order valence-electron chi connectivity index (χ2n) is 5.09. The Morgan fingerprint density at radius 3 is 2.50 bits per heavy atom. The predicted octanol–water partition coefficient (Wildman–Crippen LogP) is 1.30. The molecule has 1 aromatic rings. The van der Waals surface area contributed by atoms with E-state index in [-0.39, 0.29) is 17.9 Å². The monoisotopic (exact) mass is 297 g/mol. The summed E-state index contributed by atoms with van der Waals surface area (Å²) in [6.45, 7) is 0.748. The Morgan fingerprint density at radius 2 is 1.95 bits per heavy atom. The summed E-state index contributed by atoms with van der Waals surface area (Å²) >= 11 is 0. The number of carbonyl (C=O) groups excluding carboxylic acids is 1. The topological polar surface area (TPSA) is 72.5 Å². The van der Waals surface area contributed by atoms with E-state index in [1.807, 2.05) is 0 Å². The van der Waals surface area contributed by atoms with E-state index in [1.54, 1.807) is 24.3 Å². The van der Waals surface area contributed by atoms with Crippen LogP contribution in [0.2, 0.25) is 0 Å². The second kappa shape index (κ2) is 5.93. The summed E-state index contributed by atoms with van der Waals surface area (Å²) in [5, 5.41) is 3.35. The Balaban J connectivity index is 2.13. The van der Waals surface area contributed by atoms with E-state index in [0.717, 1.165) is 18.5 Å². The van der Waals surface area contributed by atoms with Gasteiger partial charge < -0.3 is 10.1 Å². The Hall–Kier alpha value is -1.40. The van der Waals surface area contributed by atoms with Crippen LogP contribution in [0, 0.1) is 5.92 Å². The number of benzene rings is 1. The molecule has 2 unspecified atom stereocenters. The number of hydrogen-bond donors (Lipinski definition) is 1. The summed E-state index contributed by atoms with van der Waals surface area (Å²) in [7, 11) is -1.77. The van der Waals surface area contributed by atoms with Crippen LogP contribution < -0.4 is 5.32 Å². The number of sulfone groups is 1.